The summed E-state index contributed by atoms with van der Waals surface area (Å²) in [6.45, 7) is 3.82. The van der Waals surface area contributed by atoms with Crippen LogP contribution in [-0.4, -0.2) is 11.8 Å². The molecule has 0 N–H and O–H groups in total. The van der Waals surface area contributed by atoms with Gasteiger partial charge < -0.3 is 0 Å². The number of rotatable bonds is 3. The summed E-state index contributed by atoms with van der Waals surface area (Å²) in [5.41, 5.74) is -0.181. The van der Waals surface area contributed by atoms with E-state index in [2.05, 4.69) is 112 Å². The van der Waals surface area contributed by atoms with Crippen LogP contribution in [0.25, 0.3) is 0 Å². The molecule has 0 aromatic heterocycles. The SMILES string of the molecule is CC1CP(c2ccccc2)(c2ccccc2)(c2ccccc2)OC1(C)C. The van der Waals surface area contributed by atoms with Crippen LogP contribution in [0.3, 0.4) is 0 Å². The summed E-state index contributed by atoms with van der Waals surface area (Å²) in [7, 11) is 0. The van der Waals surface area contributed by atoms with Gasteiger partial charge in [0.15, 0.2) is 0 Å². The van der Waals surface area contributed by atoms with Crippen molar-refractivity contribution in [2.24, 2.45) is 5.92 Å². The first kappa shape index (κ1) is 17.5. The fourth-order valence-electron chi connectivity index (χ4n) is 4.54. The summed E-state index contributed by atoms with van der Waals surface area (Å²) < 4.78 is 7.33. The van der Waals surface area contributed by atoms with Crippen molar-refractivity contribution in [3.63, 3.8) is 0 Å². The van der Waals surface area contributed by atoms with E-state index in [1.165, 1.54) is 15.9 Å². The molecule has 4 rings (SSSR count). The third-order valence-corrected chi connectivity index (χ3v) is 12.4. The third-order valence-electron chi connectivity index (χ3n) is 6.15. The van der Waals surface area contributed by atoms with Crippen molar-refractivity contribution < 1.29 is 4.52 Å². The van der Waals surface area contributed by atoms with Gasteiger partial charge in [0.05, 0.1) is 0 Å². The molecule has 1 heterocycles. The van der Waals surface area contributed by atoms with Crippen molar-refractivity contribution in [1.82, 2.24) is 0 Å². The Morgan fingerprint density at radius 1 is 0.692 bits per heavy atom. The van der Waals surface area contributed by atoms with Gasteiger partial charge in [-0.3, -0.25) is 0 Å². The molecule has 134 valence electrons. The average Bonchev–Trinajstić information content (AvgIpc) is 2.92. The van der Waals surface area contributed by atoms with Gasteiger partial charge in [-0.2, -0.15) is 0 Å². The molecule has 0 radical (unpaired) electrons. The molecular weight excluding hydrogens is 335 g/mol. The molecule has 1 aliphatic heterocycles. The zero-order valence-corrected chi connectivity index (χ0v) is 16.7. The van der Waals surface area contributed by atoms with Gasteiger partial charge in [-0.15, -0.1) is 0 Å². The molecule has 1 fully saturated rings. The summed E-state index contributed by atoms with van der Waals surface area (Å²) in [6.07, 6.45) is 1.04. The fraction of sp³-hybridized carbons (Fsp3) is 0.250. The predicted octanol–water partition coefficient (Wildman–Crippen LogP) is 4.88. The first-order valence-electron chi connectivity index (χ1n) is 9.38. The second kappa shape index (κ2) is 6.05. The summed E-state index contributed by atoms with van der Waals surface area (Å²) in [4.78, 5) is 0. The molecule has 1 saturated heterocycles. The Labute approximate surface area is 157 Å². The molecule has 26 heavy (non-hydrogen) atoms. The van der Waals surface area contributed by atoms with Crippen LogP contribution in [0.2, 0.25) is 0 Å². The summed E-state index contributed by atoms with van der Waals surface area (Å²) in [5.74, 6) is 0.459. The zero-order chi connectivity index (χ0) is 18.3. The number of hydrogen-bond donors (Lipinski definition) is 0. The van der Waals surface area contributed by atoms with Crippen LogP contribution in [0.15, 0.2) is 91.0 Å². The van der Waals surface area contributed by atoms with E-state index in [0.29, 0.717) is 5.92 Å². The van der Waals surface area contributed by atoms with Crippen LogP contribution in [-0.2, 0) is 4.52 Å². The quantitative estimate of drug-likeness (QED) is 0.604. The Morgan fingerprint density at radius 3 is 1.31 bits per heavy atom. The Hall–Kier alpha value is -1.95. The second-order valence-electron chi connectivity index (χ2n) is 8.00. The predicted molar refractivity (Wildman–Crippen MR) is 114 cm³/mol. The van der Waals surface area contributed by atoms with Crippen molar-refractivity contribution in [1.29, 1.82) is 0 Å². The first-order valence-corrected chi connectivity index (χ1v) is 11.7. The molecule has 3 aromatic carbocycles. The second-order valence-corrected chi connectivity index (χ2v) is 12.5. The molecule has 0 aliphatic carbocycles. The van der Waals surface area contributed by atoms with Crippen LogP contribution in [0, 0.1) is 5.92 Å². The number of benzene rings is 3. The Kier molecular flexibility index (Phi) is 4.06. The van der Waals surface area contributed by atoms with Gasteiger partial charge in [0.25, 0.3) is 0 Å². The van der Waals surface area contributed by atoms with Crippen molar-refractivity contribution in [2.45, 2.75) is 26.4 Å². The molecule has 1 atom stereocenters. The molecule has 1 unspecified atom stereocenters. The summed E-state index contributed by atoms with van der Waals surface area (Å²) in [6, 6.07) is 32.8. The Balaban J connectivity index is 2.16. The van der Waals surface area contributed by atoms with Gasteiger partial charge in [-0.25, -0.2) is 0 Å². The molecule has 0 amide bonds. The molecule has 0 spiro atoms. The maximum atomic E-state index is 7.33. The molecule has 0 saturated carbocycles. The van der Waals surface area contributed by atoms with Crippen molar-refractivity contribution >= 4 is 22.7 Å². The van der Waals surface area contributed by atoms with E-state index >= 15 is 0 Å². The number of hydrogen-bond acceptors (Lipinski definition) is 1. The van der Waals surface area contributed by atoms with Gasteiger partial charge in [-0.05, 0) is 0 Å². The van der Waals surface area contributed by atoms with Gasteiger partial charge >= 0.3 is 157 Å². The topological polar surface area (TPSA) is 9.23 Å². The Morgan fingerprint density at radius 2 is 1.04 bits per heavy atom. The molecule has 1 nitrogen and oxygen atoms in total. The molecule has 0 bridgehead atoms. The average molecular weight is 362 g/mol. The van der Waals surface area contributed by atoms with E-state index in [1.807, 2.05) is 0 Å². The molecule has 3 aromatic rings. The van der Waals surface area contributed by atoms with Gasteiger partial charge in [-0.1, -0.05) is 0 Å². The van der Waals surface area contributed by atoms with Crippen LogP contribution in [0.4, 0.5) is 0 Å². The van der Waals surface area contributed by atoms with Crippen LogP contribution < -0.4 is 15.9 Å². The van der Waals surface area contributed by atoms with E-state index in [4.69, 9.17) is 4.52 Å². The van der Waals surface area contributed by atoms with E-state index in [-0.39, 0.29) is 5.60 Å². The van der Waals surface area contributed by atoms with Gasteiger partial charge in [0, 0.05) is 0 Å². The van der Waals surface area contributed by atoms with E-state index in [0.717, 1.165) is 6.16 Å². The van der Waals surface area contributed by atoms with Gasteiger partial charge in [0.2, 0.25) is 0 Å². The summed E-state index contributed by atoms with van der Waals surface area (Å²) in [5, 5.41) is 3.98. The maximum absolute atomic E-state index is 7.33. The first-order chi connectivity index (χ1) is 12.5. The van der Waals surface area contributed by atoms with E-state index in [1.54, 1.807) is 0 Å². The van der Waals surface area contributed by atoms with Crippen molar-refractivity contribution in [2.75, 3.05) is 6.16 Å². The normalized spacial score (nSPS) is 24.4. The van der Waals surface area contributed by atoms with Gasteiger partial charge in [0.1, 0.15) is 0 Å². The van der Waals surface area contributed by atoms with E-state index < -0.39 is 6.83 Å². The molecular formula is C24H27OP. The monoisotopic (exact) mass is 362 g/mol. The molecule has 2 heteroatoms. The van der Waals surface area contributed by atoms with Crippen LogP contribution in [0.1, 0.15) is 20.8 Å². The zero-order valence-electron chi connectivity index (χ0n) is 15.8. The Bertz CT molecular complexity index is 788. The van der Waals surface area contributed by atoms with Crippen molar-refractivity contribution in [3.8, 4) is 0 Å². The molecule has 1 aliphatic rings. The standard InChI is InChI=1S/C24H27OP/c1-20-19-26(25-24(20,2)3,21-13-7-4-8-14-21,22-15-9-5-10-16-22)23-17-11-6-12-18-23/h4-18,20H,19H2,1-3H3. The van der Waals surface area contributed by atoms with Crippen LogP contribution >= 0.6 is 6.83 Å². The minimum atomic E-state index is -3.02. The van der Waals surface area contributed by atoms with E-state index in [9.17, 15) is 0 Å². The minimum absolute atomic E-state index is 0.181. The summed E-state index contributed by atoms with van der Waals surface area (Å²) >= 11 is 0. The third kappa shape index (κ3) is 2.31. The fourth-order valence-corrected chi connectivity index (χ4v) is 11.6. The van der Waals surface area contributed by atoms with Crippen molar-refractivity contribution in [3.05, 3.63) is 91.0 Å². The van der Waals surface area contributed by atoms with Crippen LogP contribution in [0.5, 0.6) is 0 Å².